The number of pyridine rings is 1. The van der Waals surface area contributed by atoms with Crippen LogP contribution in [-0.4, -0.2) is 11.5 Å². The summed E-state index contributed by atoms with van der Waals surface area (Å²) in [7, 11) is 0. The van der Waals surface area contributed by atoms with Crippen LogP contribution in [0.3, 0.4) is 0 Å². The quantitative estimate of drug-likeness (QED) is 0.820. The summed E-state index contributed by atoms with van der Waals surface area (Å²) in [4.78, 5) is 4.41. The first-order valence-corrected chi connectivity index (χ1v) is 7.87. The van der Waals surface area contributed by atoms with Gasteiger partial charge in [-0.25, -0.2) is 0 Å². The molecule has 1 saturated carbocycles. The van der Waals surface area contributed by atoms with Crippen molar-refractivity contribution in [2.45, 2.75) is 65.3 Å². The number of nitrogens with one attached hydrogen (secondary N) is 1. The first-order valence-electron chi connectivity index (χ1n) is 7.87. The largest absolute Gasteiger partial charge is 0.309 e. The van der Waals surface area contributed by atoms with Gasteiger partial charge in [0.25, 0.3) is 0 Å². The summed E-state index contributed by atoms with van der Waals surface area (Å²) in [6, 6.07) is 2.79. The number of aromatic nitrogens is 1. The fourth-order valence-electron chi connectivity index (χ4n) is 3.64. The Bertz CT molecular complexity index is 394. The Kier molecular flexibility index (Phi) is 4.98. The van der Waals surface area contributed by atoms with Gasteiger partial charge < -0.3 is 5.32 Å². The van der Waals surface area contributed by atoms with Gasteiger partial charge in [-0.1, -0.05) is 32.8 Å². The van der Waals surface area contributed by atoms with Crippen LogP contribution in [0.25, 0.3) is 0 Å². The predicted molar refractivity (Wildman–Crippen MR) is 81.2 cm³/mol. The van der Waals surface area contributed by atoms with Crippen LogP contribution in [0.1, 0.15) is 69.5 Å². The maximum absolute atomic E-state index is 4.41. The summed E-state index contributed by atoms with van der Waals surface area (Å²) in [5.74, 6) is 0. The lowest BCUT2D eigenvalue weighted by Crippen LogP contribution is -2.36. The van der Waals surface area contributed by atoms with Gasteiger partial charge in [-0.15, -0.1) is 0 Å². The van der Waals surface area contributed by atoms with Gasteiger partial charge >= 0.3 is 0 Å². The van der Waals surface area contributed by atoms with E-state index in [0.29, 0.717) is 11.5 Å². The number of rotatable bonds is 6. The summed E-state index contributed by atoms with van der Waals surface area (Å²) in [5.41, 5.74) is 3.10. The smallest absolute Gasteiger partial charge is 0.0392 e. The van der Waals surface area contributed by atoms with Crippen LogP contribution >= 0.6 is 0 Å². The van der Waals surface area contributed by atoms with Crippen molar-refractivity contribution in [2.24, 2.45) is 5.41 Å². The van der Waals surface area contributed by atoms with E-state index in [1.165, 1.54) is 49.7 Å². The molecule has 106 valence electrons. The fraction of sp³-hybridized carbons (Fsp3) is 0.706. The second kappa shape index (κ2) is 6.51. The van der Waals surface area contributed by atoms with Gasteiger partial charge in [0.1, 0.15) is 0 Å². The molecular formula is C17H28N2. The molecule has 1 N–H and O–H groups in total. The van der Waals surface area contributed by atoms with E-state index < -0.39 is 0 Å². The average molecular weight is 260 g/mol. The highest BCUT2D eigenvalue weighted by atomic mass is 14.9. The van der Waals surface area contributed by atoms with Crippen LogP contribution < -0.4 is 5.32 Å². The Balaban J connectivity index is 2.29. The molecule has 2 nitrogen and oxygen atoms in total. The van der Waals surface area contributed by atoms with Crippen molar-refractivity contribution in [3.8, 4) is 0 Å². The highest BCUT2D eigenvalue weighted by molar-refractivity contribution is 5.23. The van der Waals surface area contributed by atoms with Gasteiger partial charge in [0.2, 0.25) is 0 Å². The fourth-order valence-corrected chi connectivity index (χ4v) is 3.64. The summed E-state index contributed by atoms with van der Waals surface area (Å²) in [6.07, 6.45) is 12.0. The molecule has 0 aliphatic heterocycles. The Labute approximate surface area is 118 Å². The van der Waals surface area contributed by atoms with E-state index in [1.54, 1.807) is 0 Å². The Morgan fingerprint density at radius 2 is 2.00 bits per heavy atom. The third-order valence-corrected chi connectivity index (χ3v) is 4.74. The molecule has 2 heteroatoms. The van der Waals surface area contributed by atoms with Crippen molar-refractivity contribution in [2.75, 3.05) is 6.54 Å². The molecule has 0 bridgehead atoms. The van der Waals surface area contributed by atoms with Crippen molar-refractivity contribution in [1.29, 1.82) is 0 Å². The average Bonchev–Trinajstić information content (AvgIpc) is 2.89. The molecule has 1 aromatic heterocycles. The summed E-state index contributed by atoms with van der Waals surface area (Å²) < 4.78 is 0. The summed E-state index contributed by atoms with van der Waals surface area (Å²) in [6.45, 7) is 7.84. The molecule has 1 fully saturated rings. The zero-order chi connectivity index (χ0) is 13.7. The third kappa shape index (κ3) is 3.17. The molecule has 1 atom stereocenters. The van der Waals surface area contributed by atoms with Gasteiger partial charge in [0.05, 0.1) is 0 Å². The summed E-state index contributed by atoms with van der Waals surface area (Å²) >= 11 is 0. The molecule has 1 heterocycles. The second-order valence-electron chi connectivity index (χ2n) is 6.11. The second-order valence-corrected chi connectivity index (χ2v) is 6.11. The van der Waals surface area contributed by atoms with Crippen molar-refractivity contribution in [3.63, 3.8) is 0 Å². The highest BCUT2D eigenvalue weighted by Gasteiger charge is 2.40. The molecule has 0 amide bonds. The van der Waals surface area contributed by atoms with Gasteiger partial charge in [-0.3, -0.25) is 4.98 Å². The van der Waals surface area contributed by atoms with Crippen molar-refractivity contribution in [1.82, 2.24) is 10.3 Å². The van der Waals surface area contributed by atoms with Crippen LogP contribution in [0.15, 0.2) is 18.5 Å². The number of hydrogen-bond acceptors (Lipinski definition) is 2. The standard InChI is InChI=1S/C17H28N2/c1-4-10-19-16(15-11-14(3)12-18-13-15)17(5-2)8-6-7-9-17/h11-13,16,19H,4-10H2,1-3H3. The lowest BCUT2D eigenvalue weighted by Gasteiger charge is -2.38. The maximum atomic E-state index is 4.41. The molecule has 0 spiro atoms. The number of hydrogen-bond donors (Lipinski definition) is 1. The Hall–Kier alpha value is -0.890. The minimum atomic E-state index is 0.449. The third-order valence-electron chi connectivity index (χ3n) is 4.74. The van der Waals surface area contributed by atoms with Gasteiger partial charge in [0, 0.05) is 18.4 Å². The van der Waals surface area contributed by atoms with Crippen LogP contribution in [-0.2, 0) is 0 Å². The lowest BCUT2D eigenvalue weighted by atomic mass is 9.73. The minimum absolute atomic E-state index is 0.449. The molecule has 0 saturated heterocycles. The molecule has 1 aliphatic rings. The zero-order valence-corrected chi connectivity index (χ0v) is 12.7. The van der Waals surface area contributed by atoms with Crippen LogP contribution in [0.4, 0.5) is 0 Å². The maximum Gasteiger partial charge on any atom is 0.0392 e. The van der Waals surface area contributed by atoms with E-state index in [4.69, 9.17) is 0 Å². The predicted octanol–water partition coefficient (Wildman–Crippen LogP) is 4.40. The lowest BCUT2D eigenvalue weighted by molar-refractivity contribution is 0.187. The van der Waals surface area contributed by atoms with E-state index in [2.05, 4.69) is 43.3 Å². The van der Waals surface area contributed by atoms with Crippen LogP contribution in [0.2, 0.25) is 0 Å². The topological polar surface area (TPSA) is 24.9 Å². The Morgan fingerprint density at radius 3 is 2.58 bits per heavy atom. The van der Waals surface area contributed by atoms with E-state index in [1.807, 2.05) is 6.20 Å². The first-order chi connectivity index (χ1) is 9.22. The molecule has 0 radical (unpaired) electrons. The monoisotopic (exact) mass is 260 g/mol. The Morgan fingerprint density at radius 1 is 1.26 bits per heavy atom. The molecule has 19 heavy (non-hydrogen) atoms. The normalized spacial score (nSPS) is 19.5. The minimum Gasteiger partial charge on any atom is -0.309 e. The van der Waals surface area contributed by atoms with Crippen molar-refractivity contribution < 1.29 is 0 Å². The molecule has 1 unspecified atom stereocenters. The molecule has 2 rings (SSSR count). The molecule has 1 aliphatic carbocycles. The first kappa shape index (κ1) is 14.5. The highest BCUT2D eigenvalue weighted by Crippen LogP contribution is 2.49. The zero-order valence-electron chi connectivity index (χ0n) is 12.7. The van der Waals surface area contributed by atoms with E-state index in [-0.39, 0.29) is 0 Å². The van der Waals surface area contributed by atoms with Gasteiger partial charge in [-0.2, -0.15) is 0 Å². The molecule has 0 aromatic carbocycles. The van der Waals surface area contributed by atoms with E-state index >= 15 is 0 Å². The van der Waals surface area contributed by atoms with Crippen LogP contribution in [0, 0.1) is 12.3 Å². The number of aryl methyl sites for hydroxylation is 1. The van der Waals surface area contributed by atoms with E-state index in [9.17, 15) is 0 Å². The molecular weight excluding hydrogens is 232 g/mol. The van der Waals surface area contributed by atoms with Gasteiger partial charge in [0.15, 0.2) is 0 Å². The SMILES string of the molecule is CCCNC(c1cncc(C)c1)C1(CC)CCCC1. The van der Waals surface area contributed by atoms with Gasteiger partial charge in [-0.05, 0) is 55.7 Å². The van der Waals surface area contributed by atoms with E-state index in [0.717, 1.165) is 6.54 Å². The number of nitrogens with zero attached hydrogens (tertiary/aromatic N) is 1. The van der Waals surface area contributed by atoms with Crippen molar-refractivity contribution >= 4 is 0 Å². The van der Waals surface area contributed by atoms with Crippen molar-refractivity contribution in [3.05, 3.63) is 29.6 Å². The molecule has 1 aromatic rings. The summed E-state index contributed by atoms with van der Waals surface area (Å²) in [5, 5.41) is 3.81. The van der Waals surface area contributed by atoms with Crippen LogP contribution in [0.5, 0.6) is 0 Å².